The van der Waals surface area contributed by atoms with Crippen LogP contribution in [0.25, 0.3) is 28.1 Å². The highest BCUT2D eigenvalue weighted by molar-refractivity contribution is 9.10. The van der Waals surface area contributed by atoms with Gasteiger partial charge in [0.05, 0.1) is 5.69 Å². The van der Waals surface area contributed by atoms with Crippen LogP contribution in [0.4, 0.5) is 5.82 Å². The summed E-state index contributed by atoms with van der Waals surface area (Å²) in [6.45, 7) is 0. The Kier molecular flexibility index (Phi) is 4.29. The Bertz CT molecular complexity index is 1150. The number of thioether (sulfide) groups is 1. The van der Waals surface area contributed by atoms with Gasteiger partial charge in [-0.2, -0.15) is 5.10 Å². The SMILES string of the molecule is CSc1ccc(-c2nc3n[nH]c(N)c3c(=O)n2-c2ccc(Br)cc2)cc1. The zero-order chi connectivity index (χ0) is 18.3. The Morgan fingerprint density at radius 3 is 2.46 bits per heavy atom. The molecule has 0 aliphatic carbocycles. The van der Waals surface area contributed by atoms with Gasteiger partial charge in [-0.05, 0) is 42.7 Å². The first-order valence-electron chi connectivity index (χ1n) is 7.75. The lowest BCUT2D eigenvalue weighted by molar-refractivity contribution is 0.970. The first kappa shape index (κ1) is 16.9. The fourth-order valence-electron chi connectivity index (χ4n) is 2.76. The zero-order valence-corrected chi connectivity index (χ0v) is 16.1. The van der Waals surface area contributed by atoms with Crippen LogP contribution in [0.5, 0.6) is 0 Å². The standard InChI is InChI=1S/C18H14BrN5OS/c1-26-13-8-2-10(3-9-13)17-21-16-14(15(20)22-23-16)18(25)24(17)12-6-4-11(19)5-7-12/h2-9H,1H3,(H3,20,22,23). The topological polar surface area (TPSA) is 89.6 Å². The van der Waals surface area contributed by atoms with Crippen molar-refractivity contribution in [2.75, 3.05) is 12.0 Å². The molecule has 0 radical (unpaired) electrons. The molecule has 8 heteroatoms. The van der Waals surface area contributed by atoms with Crippen molar-refractivity contribution in [2.45, 2.75) is 4.90 Å². The lowest BCUT2D eigenvalue weighted by atomic mass is 10.2. The normalized spacial score (nSPS) is 11.2. The summed E-state index contributed by atoms with van der Waals surface area (Å²) in [5.41, 5.74) is 7.48. The number of aromatic nitrogens is 4. The molecule has 4 rings (SSSR count). The van der Waals surface area contributed by atoms with Crippen LogP contribution >= 0.6 is 27.7 Å². The average Bonchev–Trinajstić information content (AvgIpc) is 3.04. The smallest absolute Gasteiger partial charge is 0.271 e. The first-order valence-corrected chi connectivity index (χ1v) is 9.77. The summed E-state index contributed by atoms with van der Waals surface area (Å²) in [6.07, 6.45) is 2.02. The van der Waals surface area contributed by atoms with Gasteiger partial charge in [0.25, 0.3) is 5.56 Å². The molecule has 0 fully saturated rings. The number of hydrogen-bond donors (Lipinski definition) is 2. The van der Waals surface area contributed by atoms with Crippen molar-refractivity contribution in [1.29, 1.82) is 0 Å². The predicted molar refractivity (Wildman–Crippen MR) is 109 cm³/mol. The number of nitrogens with two attached hydrogens (primary N) is 1. The molecule has 0 bridgehead atoms. The van der Waals surface area contributed by atoms with E-state index in [1.807, 2.05) is 54.8 Å². The molecule has 0 saturated carbocycles. The second-order valence-electron chi connectivity index (χ2n) is 5.62. The van der Waals surface area contributed by atoms with Gasteiger partial charge in [-0.25, -0.2) is 4.98 Å². The minimum atomic E-state index is -0.257. The summed E-state index contributed by atoms with van der Waals surface area (Å²) in [5.74, 6) is 0.733. The molecule has 0 atom stereocenters. The largest absolute Gasteiger partial charge is 0.383 e. The third-order valence-corrected chi connectivity index (χ3v) is 5.32. The van der Waals surface area contributed by atoms with Gasteiger partial charge in [0.2, 0.25) is 0 Å². The van der Waals surface area contributed by atoms with Crippen molar-refractivity contribution in [3.05, 3.63) is 63.4 Å². The number of benzene rings is 2. The van der Waals surface area contributed by atoms with Gasteiger partial charge < -0.3 is 5.73 Å². The zero-order valence-electron chi connectivity index (χ0n) is 13.7. The van der Waals surface area contributed by atoms with E-state index < -0.39 is 0 Å². The molecular weight excluding hydrogens is 414 g/mol. The van der Waals surface area contributed by atoms with Gasteiger partial charge in [0.15, 0.2) is 5.65 Å². The van der Waals surface area contributed by atoms with Crippen molar-refractivity contribution in [2.24, 2.45) is 0 Å². The van der Waals surface area contributed by atoms with Gasteiger partial charge in [0.1, 0.15) is 17.0 Å². The molecular formula is C18H14BrN5OS. The highest BCUT2D eigenvalue weighted by atomic mass is 79.9. The molecule has 0 saturated heterocycles. The molecule has 0 amide bonds. The van der Waals surface area contributed by atoms with Crippen molar-refractivity contribution >= 4 is 44.5 Å². The Balaban J connectivity index is 2.05. The first-order chi connectivity index (χ1) is 12.6. The lowest BCUT2D eigenvalue weighted by Gasteiger charge is -2.13. The average molecular weight is 428 g/mol. The minimum absolute atomic E-state index is 0.215. The number of nitrogen functional groups attached to an aromatic ring is 1. The second-order valence-corrected chi connectivity index (χ2v) is 7.41. The number of nitrogens with one attached hydrogen (secondary N) is 1. The number of halogens is 1. The Morgan fingerprint density at radius 2 is 1.81 bits per heavy atom. The van der Waals surface area contributed by atoms with Crippen molar-refractivity contribution < 1.29 is 0 Å². The van der Waals surface area contributed by atoms with Crippen LogP contribution < -0.4 is 11.3 Å². The van der Waals surface area contributed by atoms with E-state index in [-0.39, 0.29) is 16.8 Å². The molecule has 2 aromatic heterocycles. The van der Waals surface area contributed by atoms with Crippen molar-refractivity contribution in [3.8, 4) is 17.1 Å². The highest BCUT2D eigenvalue weighted by Gasteiger charge is 2.18. The van der Waals surface area contributed by atoms with Gasteiger partial charge in [-0.3, -0.25) is 14.5 Å². The van der Waals surface area contributed by atoms with Gasteiger partial charge in [0, 0.05) is 14.9 Å². The Hall–Kier alpha value is -2.58. The number of hydrogen-bond acceptors (Lipinski definition) is 5. The maximum atomic E-state index is 13.2. The minimum Gasteiger partial charge on any atom is -0.383 e. The van der Waals surface area contributed by atoms with Crippen LogP contribution in [-0.2, 0) is 0 Å². The number of rotatable bonds is 3. The summed E-state index contributed by atoms with van der Waals surface area (Å²) in [4.78, 5) is 18.9. The van der Waals surface area contributed by atoms with E-state index in [4.69, 9.17) is 5.73 Å². The summed E-state index contributed by atoms with van der Waals surface area (Å²) >= 11 is 5.08. The van der Waals surface area contributed by atoms with Crippen LogP contribution in [0.1, 0.15) is 0 Å². The van der Waals surface area contributed by atoms with Crippen molar-refractivity contribution in [3.63, 3.8) is 0 Å². The van der Waals surface area contributed by atoms with Crippen LogP contribution in [0.15, 0.2) is 62.7 Å². The number of fused-ring (bicyclic) bond motifs is 1. The molecule has 6 nitrogen and oxygen atoms in total. The maximum Gasteiger partial charge on any atom is 0.271 e. The molecule has 4 aromatic rings. The fourth-order valence-corrected chi connectivity index (χ4v) is 3.43. The lowest BCUT2D eigenvalue weighted by Crippen LogP contribution is -2.22. The highest BCUT2D eigenvalue weighted by Crippen LogP contribution is 2.25. The van der Waals surface area contributed by atoms with Crippen LogP contribution in [-0.4, -0.2) is 26.0 Å². The van der Waals surface area contributed by atoms with E-state index in [0.29, 0.717) is 17.2 Å². The van der Waals surface area contributed by atoms with E-state index in [2.05, 4.69) is 31.1 Å². The molecule has 0 spiro atoms. The van der Waals surface area contributed by atoms with E-state index >= 15 is 0 Å². The van der Waals surface area contributed by atoms with Crippen molar-refractivity contribution in [1.82, 2.24) is 19.7 Å². The van der Waals surface area contributed by atoms with Crippen LogP contribution in [0.2, 0.25) is 0 Å². The second kappa shape index (κ2) is 6.62. The molecule has 2 aromatic carbocycles. The summed E-state index contributed by atoms with van der Waals surface area (Å²) < 4.78 is 2.49. The molecule has 26 heavy (non-hydrogen) atoms. The van der Waals surface area contributed by atoms with E-state index in [0.717, 1.165) is 14.9 Å². The molecule has 3 N–H and O–H groups in total. The quantitative estimate of drug-likeness (QED) is 0.484. The fraction of sp³-hybridized carbons (Fsp3) is 0.0556. The summed E-state index contributed by atoms with van der Waals surface area (Å²) in [5, 5.41) is 6.99. The monoisotopic (exact) mass is 427 g/mol. The molecule has 130 valence electrons. The number of aromatic amines is 1. The van der Waals surface area contributed by atoms with Crippen LogP contribution in [0, 0.1) is 0 Å². The third kappa shape index (κ3) is 2.81. The summed E-state index contributed by atoms with van der Waals surface area (Å²) in [6, 6.07) is 15.4. The van der Waals surface area contributed by atoms with E-state index in [1.165, 1.54) is 0 Å². The Morgan fingerprint density at radius 1 is 1.12 bits per heavy atom. The third-order valence-electron chi connectivity index (χ3n) is 4.05. The van der Waals surface area contributed by atoms with Gasteiger partial charge in [-0.1, -0.05) is 28.1 Å². The molecule has 0 unspecified atom stereocenters. The number of nitrogens with zero attached hydrogens (tertiary/aromatic N) is 3. The van der Waals surface area contributed by atoms with Gasteiger partial charge >= 0.3 is 0 Å². The predicted octanol–water partition coefficient (Wildman–Crippen LogP) is 3.84. The van der Waals surface area contributed by atoms with Crippen LogP contribution in [0.3, 0.4) is 0 Å². The van der Waals surface area contributed by atoms with E-state index in [1.54, 1.807) is 16.3 Å². The van der Waals surface area contributed by atoms with Gasteiger partial charge in [-0.15, -0.1) is 11.8 Å². The summed E-state index contributed by atoms with van der Waals surface area (Å²) in [7, 11) is 0. The molecule has 2 heterocycles. The number of H-pyrrole nitrogens is 1. The maximum absolute atomic E-state index is 13.2. The Labute approximate surface area is 161 Å². The molecule has 0 aliphatic heterocycles. The van der Waals surface area contributed by atoms with E-state index in [9.17, 15) is 4.79 Å². The number of anilines is 1. The molecule has 0 aliphatic rings.